The van der Waals surface area contributed by atoms with Gasteiger partial charge in [0.25, 0.3) is 0 Å². The number of hydrogen-bond acceptors (Lipinski definition) is 6. The summed E-state index contributed by atoms with van der Waals surface area (Å²) in [5.41, 5.74) is 2.30. The second-order valence-corrected chi connectivity index (χ2v) is 8.25. The number of para-hydroxylation sites is 2. The highest BCUT2D eigenvalue weighted by molar-refractivity contribution is 7.10. The molecular formula is C24H23NO5S. The molecule has 0 aliphatic carbocycles. The first-order chi connectivity index (χ1) is 15.0. The van der Waals surface area contributed by atoms with Gasteiger partial charge in [-0.1, -0.05) is 18.2 Å². The van der Waals surface area contributed by atoms with Crippen LogP contribution in [0.2, 0.25) is 0 Å². The molecule has 31 heavy (non-hydrogen) atoms. The van der Waals surface area contributed by atoms with Crippen LogP contribution in [0.3, 0.4) is 0 Å². The molecular weight excluding hydrogens is 414 g/mol. The second-order valence-electron chi connectivity index (χ2n) is 7.27. The fourth-order valence-corrected chi connectivity index (χ4v) is 4.14. The molecule has 0 fully saturated rings. The zero-order valence-corrected chi connectivity index (χ0v) is 18.2. The van der Waals surface area contributed by atoms with E-state index in [0.717, 1.165) is 27.8 Å². The molecule has 1 aliphatic heterocycles. The smallest absolute Gasteiger partial charge is 0.331 e. The molecule has 0 bridgehead atoms. The minimum Gasteiger partial charge on any atom is -0.486 e. The van der Waals surface area contributed by atoms with E-state index in [-0.39, 0.29) is 18.5 Å². The quantitative estimate of drug-likeness (QED) is 0.310. The Balaban J connectivity index is 1.37. The van der Waals surface area contributed by atoms with Crippen molar-refractivity contribution in [2.45, 2.75) is 26.5 Å². The second kappa shape index (κ2) is 9.22. The number of thiophene rings is 1. The lowest BCUT2D eigenvalue weighted by Gasteiger charge is -2.27. The zero-order chi connectivity index (χ0) is 21.8. The SMILES string of the molecule is Cc1cc(C(=O)COC(=O)/C=C/c2cccs2)c(C)n1CC1COc2ccccc2O1. The molecule has 3 aromatic rings. The Morgan fingerprint density at radius 2 is 2.00 bits per heavy atom. The summed E-state index contributed by atoms with van der Waals surface area (Å²) in [5, 5.41) is 1.92. The summed E-state index contributed by atoms with van der Waals surface area (Å²) in [6, 6.07) is 13.2. The van der Waals surface area contributed by atoms with E-state index in [9.17, 15) is 9.59 Å². The monoisotopic (exact) mass is 437 g/mol. The van der Waals surface area contributed by atoms with Crippen LogP contribution < -0.4 is 9.47 Å². The van der Waals surface area contributed by atoms with Gasteiger partial charge in [-0.3, -0.25) is 4.79 Å². The molecule has 0 spiro atoms. The Morgan fingerprint density at radius 1 is 1.19 bits per heavy atom. The lowest BCUT2D eigenvalue weighted by Crippen LogP contribution is -2.33. The maximum absolute atomic E-state index is 12.7. The van der Waals surface area contributed by atoms with Crippen LogP contribution in [0, 0.1) is 13.8 Å². The fourth-order valence-electron chi connectivity index (χ4n) is 3.52. The molecule has 0 N–H and O–H groups in total. The van der Waals surface area contributed by atoms with Gasteiger partial charge in [0.1, 0.15) is 6.61 Å². The lowest BCUT2D eigenvalue weighted by molar-refractivity contribution is -0.136. The van der Waals surface area contributed by atoms with Crippen molar-refractivity contribution in [3.63, 3.8) is 0 Å². The molecule has 0 saturated heterocycles. The van der Waals surface area contributed by atoms with Crippen molar-refractivity contribution in [2.75, 3.05) is 13.2 Å². The molecule has 3 heterocycles. The molecule has 1 aromatic carbocycles. The van der Waals surface area contributed by atoms with Gasteiger partial charge in [0.2, 0.25) is 5.78 Å². The van der Waals surface area contributed by atoms with Crippen LogP contribution in [0.25, 0.3) is 6.08 Å². The highest BCUT2D eigenvalue weighted by atomic mass is 32.1. The number of hydrogen-bond donors (Lipinski definition) is 0. The summed E-state index contributed by atoms with van der Waals surface area (Å²) in [5.74, 6) is 0.691. The zero-order valence-electron chi connectivity index (χ0n) is 17.4. The standard InChI is InChI=1S/C24H23NO5S/c1-16-12-20(21(26)15-29-24(27)10-9-19-6-5-11-31-19)17(2)25(16)13-18-14-28-22-7-3-4-8-23(22)30-18/h3-12,18H,13-15H2,1-2H3/b10-9+. The highest BCUT2D eigenvalue weighted by Gasteiger charge is 2.24. The van der Waals surface area contributed by atoms with Gasteiger partial charge in [-0.25, -0.2) is 4.79 Å². The molecule has 1 atom stereocenters. The number of benzene rings is 1. The van der Waals surface area contributed by atoms with E-state index in [1.165, 1.54) is 17.4 Å². The number of carbonyl (C=O) groups is 2. The molecule has 0 saturated carbocycles. The van der Waals surface area contributed by atoms with Crippen molar-refractivity contribution in [1.29, 1.82) is 0 Å². The van der Waals surface area contributed by atoms with Gasteiger partial charge in [0, 0.05) is 27.9 Å². The third-order valence-corrected chi connectivity index (χ3v) is 5.94. The molecule has 0 radical (unpaired) electrons. The van der Waals surface area contributed by atoms with Gasteiger partial charge in [-0.15, -0.1) is 11.3 Å². The van der Waals surface area contributed by atoms with E-state index in [4.69, 9.17) is 14.2 Å². The minimum absolute atomic E-state index is 0.164. The third kappa shape index (κ3) is 4.88. The average molecular weight is 438 g/mol. The van der Waals surface area contributed by atoms with Crippen molar-refractivity contribution >= 4 is 29.2 Å². The molecule has 4 rings (SSSR count). The number of esters is 1. The van der Waals surface area contributed by atoms with Crippen molar-refractivity contribution in [3.8, 4) is 11.5 Å². The maximum Gasteiger partial charge on any atom is 0.331 e. The van der Waals surface area contributed by atoms with Crippen LogP contribution >= 0.6 is 11.3 Å². The first kappa shape index (κ1) is 20.9. The van der Waals surface area contributed by atoms with Gasteiger partial charge in [-0.2, -0.15) is 0 Å². The maximum atomic E-state index is 12.7. The number of ether oxygens (including phenoxy) is 3. The van der Waals surface area contributed by atoms with Crippen LogP contribution in [-0.2, 0) is 16.1 Å². The van der Waals surface area contributed by atoms with Gasteiger partial charge in [0.15, 0.2) is 24.2 Å². The largest absolute Gasteiger partial charge is 0.486 e. The van der Waals surface area contributed by atoms with Crippen molar-refractivity contribution in [2.24, 2.45) is 0 Å². The topological polar surface area (TPSA) is 66.8 Å². The predicted octanol–water partition coefficient (Wildman–Crippen LogP) is 4.45. The number of Topliss-reactive ketones (excluding diaryl/α,β-unsaturated/α-hetero) is 1. The Morgan fingerprint density at radius 3 is 2.77 bits per heavy atom. The first-order valence-electron chi connectivity index (χ1n) is 9.98. The summed E-state index contributed by atoms with van der Waals surface area (Å²) < 4.78 is 19.0. The fraction of sp³-hybridized carbons (Fsp3) is 0.250. The van der Waals surface area contributed by atoms with Gasteiger partial charge in [-0.05, 0) is 49.6 Å². The van der Waals surface area contributed by atoms with Gasteiger partial charge >= 0.3 is 5.97 Å². The summed E-state index contributed by atoms with van der Waals surface area (Å²) in [6.07, 6.45) is 2.84. The predicted molar refractivity (Wildman–Crippen MR) is 119 cm³/mol. The number of fused-ring (bicyclic) bond motifs is 1. The Hall–Kier alpha value is -3.32. The highest BCUT2D eigenvalue weighted by Crippen LogP contribution is 2.31. The van der Waals surface area contributed by atoms with Crippen molar-refractivity contribution < 1.29 is 23.8 Å². The minimum atomic E-state index is -0.540. The number of aryl methyl sites for hydroxylation is 1. The number of ketones is 1. The van der Waals surface area contributed by atoms with Crippen LogP contribution in [0.5, 0.6) is 11.5 Å². The van der Waals surface area contributed by atoms with Gasteiger partial charge < -0.3 is 18.8 Å². The lowest BCUT2D eigenvalue weighted by atomic mass is 10.1. The summed E-state index contributed by atoms with van der Waals surface area (Å²) >= 11 is 1.52. The summed E-state index contributed by atoms with van der Waals surface area (Å²) in [4.78, 5) is 25.5. The van der Waals surface area contributed by atoms with Crippen LogP contribution in [0.1, 0.15) is 26.6 Å². The summed E-state index contributed by atoms with van der Waals surface area (Å²) in [6.45, 7) is 4.52. The third-order valence-electron chi connectivity index (χ3n) is 5.10. The van der Waals surface area contributed by atoms with Crippen LogP contribution in [0.15, 0.2) is 53.9 Å². The van der Waals surface area contributed by atoms with Crippen LogP contribution in [-0.4, -0.2) is 35.6 Å². The summed E-state index contributed by atoms with van der Waals surface area (Å²) in [7, 11) is 0. The van der Waals surface area contributed by atoms with Crippen molar-refractivity contribution in [3.05, 3.63) is 75.7 Å². The van der Waals surface area contributed by atoms with E-state index in [1.54, 1.807) is 6.08 Å². The molecule has 1 unspecified atom stereocenters. The van der Waals surface area contributed by atoms with E-state index in [1.807, 2.05) is 66.3 Å². The molecule has 1 aliphatic rings. The number of aromatic nitrogens is 1. The molecule has 160 valence electrons. The number of carbonyl (C=O) groups excluding carboxylic acids is 2. The molecule has 7 heteroatoms. The normalized spacial score (nSPS) is 15.2. The van der Waals surface area contributed by atoms with Crippen LogP contribution in [0.4, 0.5) is 0 Å². The van der Waals surface area contributed by atoms with Crippen molar-refractivity contribution in [1.82, 2.24) is 4.57 Å². The Kier molecular flexibility index (Phi) is 6.23. The number of nitrogens with zero attached hydrogens (tertiary/aromatic N) is 1. The first-order valence-corrected chi connectivity index (χ1v) is 10.9. The Labute approximate surface area is 184 Å². The van der Waals surface area contributed by atoms with Gasteiger partial charge in [0.05, 0.1) is 6.54 Å². The van der Waals surface area contributed by atoms with E-state index in [0.29, 0.717) is 18.7 Å². The molecule has 2 aromatic heterocycles. The van der Waals surface area contributed by atoms with E-state index < -0.39 is 5.97 Å². The Bertz CT molecular complexity index is 1110. The molecule has 0 amide bonds. The average Bonchev–Trinajstić information content (AvgIpc) is 3.40. The van der Waals surface area contributed by atoms with E-state index in [2.05, 4.69) is 0 Å². The molecule has 6 nitrogen and oxygen atoms in total. The number of rotatable bonds is 7. The van der Waals surface area contributed by atoms with E-state index >= 15 is 0 Å².